The summed E-state index contributed by atoms with van der Waals surface area (Å²) >= 11 is 0. The van der Waals surface area contributed by atoms with E-state index < -0.39 is 11.8 Å². The Morgan fingerprint density at radius 1 is 1.12 bits per heavy atom. The van der Waals surface area contributed by atoms with Gasteiger partial charge in [0.2, 0.25) is 0 Å². The molecule has 158 valence electrons. The van der Waals surface area contributed by atoms with E-state index in [1.54, 1.807) is 29.0 Å². The van der Waals surface area contributed by atoms with Crippen molar-refractivity contribution in [1.29, 1.82) is 0 Å². The molecule has 1 N–H and O–H groups in total. The van der Waals surface area contributed by atoms with Gasteiger partial charge in [0.25, 0.3) is 0 Å². The first-order chi connectivity index (χ1) is 15.7. The van der Waals surface area contributed by atoms with E-state index >= 15 is 0 Å². The summed E-state index contributed by atoms with van der Waals surface area (Å²) in [6, 6.07) is 16.9. The van der Waals surface area contributed by atoms with Gasteiger partial charge in [0.15, 0.2) is 5.65 Å². The van der Waals surface area contributed by atoms with Gasteiger partial charge in [-0.05, 0) is 41.8 Å². The Labute approximate surface area is 183 Å². The van der Waals surface area contributed by atoms with E-state index in [0.717, 1.165) is 5.56 Å². The van der Waals surface area contributed by atoms with E-state index in [1.807, 2.05) is 30.3 Å². The van der Waals surface area contributed by atoms with Crippen molar-refractivity contribution in [2.75, 3.05) is 11.9 Å². The Bertz CT molecular complexity index is 1340. The summed E-state index contributed by atoms with van der Waals surface area (Å²) < 4.78 is 15.9. The number of anilines is 1. The molecular formula is C24H18FN5O2. The number of hydrogen-bond donors (Lipinski definition) is 1. The third-order valence-electron chi connectivity index (χ3n) is 5.11. The molecule has 5 rings (SSSR count). The number of rotatable bonds is 2. The number of hydroxylamine groups is 2. The molecule has 0 unspecified atom stereocenters. The quantitative estimate of drug-likeness (QED) is 0.487. The van der Waals surface area contributed by atoms with Crippen LogP contribution in [0.15, 0.2) is 73.1 Å². The molecule has 2 aromatic heterocycles. The topological polar surface area (TPSA) is 71.8 Å². The SMILES string of the molecule is O=C(Nc1ccc(F)c(C#Cc2cnc3cccnn23)c1)N1OCC[C@H]1c1ccccc1. The first-order valence-electron chi connectivity index (χ1n) is 10.1. The molecule has 3 heterocycles. The molecular weight excluding hydrogens is 409 g/mol. The van der Waals surface area contributed by atoms with Crippen LogP contribution >= 0.6 is 0 Å². The molecule has 2 aromatic carbocycles. The van der Waals surface area contributed by atoms with Crippen LogP contribution in [0.2, 0.25) is 0 Å². The number of halogens is 1. The molecule has 4 aromatic rings. The van der Waals surface area contributed by atoms with Crippen molar-refractivity contribution in [2.24, 2.45) is 0 Å². The maximum absolute atomic E-state index is 14.3. The van der Waals surface area contributed by atoms with Crippen molar-refractivity contribution in [3.8, 4) is 11.8 Å². The minimum Gasteiger partial charge on any atom is -0.306 e. The number of nitrogens with one attached hydrogen (secondary N) is 1. The second-order valence-corrected chi connectivity index (χ2v) is 7.19. The van der Waals surface area contributed by atoms with Crippen LogP contribution in [-0.4, -0.2) is 32.3 Å². The lowest BCUT2D eigenvalue weighted by Gasteiger charge is -2.23. The van der Waals surface area contributed by atoms with Gasteiger partial charge in [0, 0.05) is 18.3 Å². The maximum atomic E-state index is 14.3. The van der Waals surface area contributed by atoms with E-state index in [9.17, 15) is 9.18 Å². The lowest BCUT2D eigenvalue weighted by atomic mass is 10.1. The van der Waals surface area contributed by atoms with Crippen LogP contribution in [0.4, 0.5) is 14.9 Å². The number of imidazole rings is 1. The van der Waals surface area contributed by atoms with E-state index in [4.69, 9.17) is 4.84 Å². The average Bonchev–Trinajstić information content (AvgIpc) is 3.47. The first kappa shape index (κ1) is 19.7. The lowest BCUT2D eigenvalue weighted by molar-refractivity contribution is -0.0829. The fourth-order valence-electron chi connectivity index (χ4n) is 3.57. The van der Waals surface area contributed by atoms with Gasteiger partial charge in [-0.25, -0.2) is 18.7 Å². The number of urea groups is 1. The van der Waals surface area contributed by atoms with Crippen LogP contribution in [0.3, 0.4) is 0 Å². The van der Waals surface area contributed by atoms with Crippen LogP contribution < -0.4 is 5.32 Å². The number of benzene rings is 2. The van der Waals surface area contributed by atoms with Gasteiger partial charge in [0.05, 0.1) is 24.4 Å². The third kappa shape index (κ3) is 3.89. The third-order valence-corrected chi connectivity index (χ3v) is 5.11. The number of nitrogens with zero attached hydrogens (tertiary/aromatic N) is 4. The molecule has 0 saturated carbocycles. The molecule has 0 bridgehead atoms. The average molecular weight is 427 g/mol. The van der Waals surface area contributed by atoms with Crippen LogP contribution in [0, 0.1) is 17.7 Å². The predicted molar refractivity (Wildman–Crippen MR) is 116 cm³/mol. The molecule has 8 heteroatoms. The number of carbonyl (C=O) groups excluding carboxylic acids is 1. The number of fused-ring (bicyclic) bond motifs is 1. The van der Waals surface area contributed by atoms with E-state index in [-0.39, 0.29) is 11.6 Å². The number of amides is 2. The fourth-order valence-corrected chi connectivity index (χ4v) is 3.57. The molecule has 1 aliphatic rings. The zero-order valence-corrected chi connectivity index (χ0v) is 16.9. The summed E-state index contributed by atoms with van der Waals surface area (Å²) in [6.07, 6.45) is 3.90. The fraction of sp³-hybridized carbons (Fsp3) is 0.125. The zero-order valence-electron chi connectivity index (χ0n) is 16.9. The van der Waals surface area contributed by atoms with Gasteiger partial charge in [-0.15, -0.1) is 0 Å². The Kier molecular flexibility index (Phi) is 5.24. The van der Waals surface area contributed by atoms with Gasteiger partial charge in [-0.1, -0.05) is 36.3 Å². The van der Waals surface area contributed by atoms with Crippen LogP contribution in [-0.2, 0) is 4.84 Å². The van der Waals surface area contributed by atoms with E-state index in [2.05, 4.69) is 27.2 Å². The van der Waals surface area contributed by atoms with Crippen molar-refractivity contribution in [3.05, 3.63) is 95.7 Å². The number of aromatic nitrogens is 3. The molecule has 1 aliphatic heterocycles. The Morgan fingerprint density at radius 3 is 2.88 bits per heavy atom. The molecule has 1 atom stereocenters. The van der Waals surface area contributed by atoms with Crippen molar-refractivity contribution < 1.29 is 14.0 Å². The Morgan fingerprint density at radius 2 is 2.00 bits per heavy atom. The standard InChI is InChI=1S/C24H18FN5O2/c25-21-11-9-19(15-18(21)8-10-20-16-26-23-7-4-13-27-29(20)23)28-24(31)30-22(12-14-32-30)17-5-2-1-3-6-17/h1-7,9,11,13,15-16,22H,12,14H2,(H,28,31)/t22-/m0/s1. The summed E-state index contributed by atoms with van der Waals surface area (Å²) in [5.74, 6) is 5.20. The Balaban J connectivity index is 1.36. The minimum absolute atomic E-state index is 0.149. The number of hydrogen-bond acceptors (Lipinski definition) is 4. The summed E-state index contributed by atoms with van der Waals surface area (Å²) in [5, 5.41) is 8.29. The van der Waals surface area contributed by atoms with Gasteiger partial charge >= 0.3 is 6.03 Å². The van der Waals surface area contributed by atoms with E-state index in [0.29, 0.717) is 30.1 Å². The van der Waals surface area contributed by atoms with Gasteiger partial charge in [0.1, 0.15) is 11.5 Å². The van der Waals surface area contributed by atoms with Crippen molar-refractivity contribution in [1.82, 2.24) is 19.7 Å². The van der Waals surface area contributed by atoms with Gasteiger partial charge in [-0.3, -0.25) is 4.84 Å². The normalized spacial score (nSPS) is 15.4. The highest BCUT2D eigenvalue weighted by molar-refractivity contribution is 5.89. The zero-order chi connectivity index (χ0) is 21.9. The van der Waals surface area contributed by atoms with E-state index in [1.165, 1.54) is 23.3 Å². The van der Waals surface area contributed by atoms with Crippen molar-refractivity contribution in [2.45, 2.75) is 12.5 Å². The number of carbonyl (C=O) groups is 1. The lowest BCUT2D eigenvalue weighted by Crippen LogP contribution is -2.33. The van der Waals surface area contributed by atoms with Crippen LogP contribution in [0.5, 0.6) is 0 Å². The monoisotopic (exact) mass is 427 g/mol. The van der Waals surface area contributed by atoms with Crippen molar-refractivity contribution >= 4 is 17.4 Å². The summed E-state index contributed by atoms with van der Waals surface area (Å²) in [4.78, 5) is 22.6. The van der Waals surface area contributed by atoms with Crippen molar-refractivity contribution in [3.63, 3.8) is 0 Å². The second-order valence-electron chi connectivity index (χ2n) is 7.19. The molecule has 0 radical (unpaired) electrons. The molecule has 1 saturated heterocycles. The minimum atomic E-state index is -0.489. The largest absolute Gasteiger partial charge is 0.346 e. The first-order valence-corrected chi connectivity index (χ1v) is 10.1. The molecule has 7 nitrogen and oxygen atoms in total. The highest BCUT2D eigenvalue weighted by Crippen LogP contribution is 2.30. The van der Waals surface area contributed by atoms with Crippen LogP contribution in [0.1, 0.15) is 29.3 Å². The maximum Gasteiger partial charge on any atom is 0.346 e. The van der Waals surface area contributed by atoms with Gasteiger partial charge < -0.3 is 5.32 Å². The van der Waals surface area contributed by atoms with Crippen LogP contribution in [0.25, 0.3) is 5.65 Å². The Hall–Kier alpha value is -4.22. The molecule has 0 spiro atoms. The second kappa shape index (κ2) is 8.49. The summed E-state index contributed by atoms with van der Waals surface area (Å²) in [5.41, 5.74) is 2.74. The smallest absolute Gasteiger partial charge is 0.306 e. The predicted octanol–water partition coefficient (Wildman–Crippen LogP) is 4.18. The van der Waals surface area contributed by atoms with Gasteiger partial charge in [-0.2, -0.15) is 10.2 Å². The molecule has 0 aliphatic carbocycles. The highest BCUT2D eigenvalue weighted by Gasteiger charge is 2.31. The highest BCUT2D eigenvalue weighted by atomic mass is 19.1. The molecule has 2 amide bonds. The summed E-state index contributed by atoms with van der Waals surface area (Å²) in [6.45, 7) is 0.445. The molecule has 32 heavy (non-hydrogen) atoms. The summed E-state index contributed by atoms with van der Waals surface area (Å²) in [7, 11) is 0. The molecule has 1 fully saturated rings.